The standard InChI is InChI=1S/C27H51NP2.Co/c1-16-30(26(8,9)10,27(11,12)13)21-23-19-17-18-22(28(23)14)20-29(15,24(2,3)4)25(5,6)7;/h1,16-19H,20-21H2,2-15H3;/q+2;. The molecule has 1 rings (SSSR count). The zero-order chi connectivity index (χ0) is 24.0. The van der Waals surface area contributed by atoms with Crippen molar-refractivity contribution in [3.63, 3.8) is 0 Å². The zero-order valence-corrected chi connectivity index (χ0v) is 25.8. The van der Waals surface area contributed by atoms with E-state index in [1.165, 1.54) is 17.5 Å². The first-order valence-corrected chi connectivity index (χ1v) is 15.9. The van der Waals surface area contributed by atoms with Crippen LogP contribution in [0.25, 0.3) is 0 Å². The minimum absolute atomic E-state index is 0. The second kappa shape index (κ2) is 9.86. The van der Waals surface area contributed by atoms with Crippen LogP contribution < -0.4 is 4.57 Å². The van der Waals surface area contributed by atoms with Crippen molar-refractivity contribution < 1.29 is 21.3 Å². The van der Waals surface area contributed by atoms with E-state index in [0.717, 1.165) is 6.16 Å². The van der Waals surface area contributed by atoms with Crippen LogP contribution in [0.1, 0.15) is 94.5 Å². The van der Waals surface area contributed by atoms with Crippen LogP contribution in [-0.2, 0) is 36.2 Å². The van der Waals surface area contributed by atoms with Gasteiger partial charge in [0.15, 0.2) is 0 Å². The van der Waals surface area contributed by atoms with E-state index < -0.39 is 14.5 Å². The molecule has 0 bridgehead atoms. The Labute approximate surface area is 207 Å². The molecule has 1 aromatic heterocycles. The fourth-order valence-electron chi connectivity index (χ4n) is 5.04. The quantitative estimate of drug-likeness (QED) is 0.213. The zero-order valence-electron chi connectivity index (χ0n) is 23.0. The van der Waals surface area contributed by atoms with E-state index in [9.17, 15) is 0 Å². The van der Waals surface area contributed by atoms with Gasteiger partial charge < -0.3 is 6.58 Å². The van der Waals surface area contributed by atoms with Crippen LogP contribution >= 0.6 is 14.5 Å². The van der Waals surface area contributed by atoms with Crippen LogP contribution in [0.5, 0.6) is 0 Å². The van der Waals surface area contributed by atoms with E-state index in [-0.39, 0.29) is 27.1 Å². The van der Waals surface area contributed by atoms with Gasteiger partial charge in [-0.1, -0.05) is 0 Å². The Hall–Kier alpha value is 0.256. The fraction of sp³-hybridized carbons (Fsp3) is 0.741. The molecule has 181 valence electrons. The van der Waals surface area contributed by atoms with Gasteiger partial charge in [0.05, 0.1) is 27.3 Å². The fourth-order valence-corrected chi connectivity index (χ4v) is 13.8. The third-order valence-electron chi connectivity index (χ3n) is 7.94. The Kier molecular flexibility index (Phi) is 9.94. The van der Waals surface area contributed by atoms with Gasteiger partial charge >= 0.3 is 0 Å². The summed E-state index contributed by atoms with van der Waals surface area (Å²) in [6.45, 7) is 37.9. The molecule has 0 saturated heterocycles. The van der Waals surface area contributed by atoms with Crippen molar-refractivity contribution in [2.75, 3.05) is 6.66 Å². The van der Waals surface area contributed by atoms with Crippen molar-refractivity contribution in [3.05, 3.63) is 42.0 Å². The van der Waals surface area contributed by atoms with Gasteiger partial charge in [-0.2, -0.15) is 4.57 Å². The van der Waals surface area contributed by atoms with E-state index in [1.54, 1.807) is 0 Å². The maximum absolute atomic E-state index is 6.45. The second-order valence-electron chi connectivity index (χ2n) is 13.3. The maximum Gasteiger partial charge on any atom is 0.219 e. The summed E-state index contributed by atoms with van der Waals surface area (Å²) in [6.07, 6.45) is 2.23. The van der Waals surface area contributed by atoms with E-state index in [4.69, 9.17) is 6.58 Å². The van der Waals surface area contributed by atoms with Crippen molar-refractivity contribution >= 4 is 14.5 Å². The SMILES string of the molecule is [CH-]=C[P+](Cc1cccc(C[P+](C)(C(C)(C)C)C(C)(C)C)[n+]1C)(C(C)(C)C)C(C)(C)C.[Co]. The minimum atomic E-state index is -1.59. The molecule has 1 aromatic rings. The first kappa shape index (κ1) is 31.3. The average molecular weight is 511 g/mol. The van der Waals surface area contributed by atoms with Gasteiger partial charge in [0.1, 0.15) is 19.4 Å². The van der Waals surface area contributed by atoms with E-state index in [1.807, 2.05) is 0 Å². The molecule has 0 amide bonds. The van der Waals surface area contributed by atoms with Crippen LogP contribution in [-0.4, -0.2) is 27.3 Å². The Morgan fingerprint density at radius 1 is 0.742 bits per heavy atom. The third-order valence-corrected chi connectivity index (χ3v) is 20.9. The van der Waals surface area contributed by atoms with Crippen LogP contribution in [0.15, 0.2) is 24.0 Å². The van der Waals surface area contributed by atoms with E-state index >= 15 is 0 Å². The molecule has 0 saturated carbocycles. The topological polar surface area (TPSA) is 3.88 Å². The smallest absolute Gasteiger partial charge is 0.219 e. The average Bonchev–Trinajstić information content (AvgIpc) is 2.51. The largest absolute Gasteiger partial charge is 0.476 e. The molecule has 1 heterocycles. The second-order valence-corrected chi connectivity index (χ2v) is 23.7. The van der Waals surface area contributed by atoms with Crippen molar-refractivity contribution in [3.8, 4) is 0 Å². The van der Waals surface area contributed by atoms with E-state index in [0.29, 0.717) is 10.3 Å². The Balaban J connectivity index is 0.00000900. The summed E-state index contributed by atoms with van der Waals surface area (Å²) in [4.78, 5) is 0. The van der Waals surface area contributed by atoms with Crippen LogP contribution in [0, 0.1) is 6.58 Å². The third kappa shape index (κ3) is 6.04. The maximum atomic E-state index is 6.45. The summed E-state index contributed by atoms with van der Waals surface area (Å²) in [5.74, 6) is 2.10. The molecule has 4 heteroatoms. The molecule has 1 nitrogen and oxygen atoms in total. The van der Waals surface area contributed by atoms with Crippen LogP contribution in [0.3, 0.4) is 0 Å². The molecule has 0 N–H and O–H groups in total. The Bertz CT molecular complexity index is 727. The molecule has 0 aliphatic rings. The molecule has 0 aromatic carbocycles. The van der Waals surface area contributed by atoms with Crippen molar-refractivity contribution in [1.29, 1.82) is 0 Å². The number of pyridine rings is 1. The molecule has 0 aliphatic heterocycles. The Morgan fingerprint density at radius 3 is 1.39 bits per heavy atom. The summed E-state index contributed by atoms with van der Waals surface area (Å²) in [6, 6.07) is 6.94. The van der Waals surface area contributed by atoms with Gasteiger partial charge in [0.25, 0.3) is 0 Å². The minimum Gasteiger partial charge on any atom is -0.476 e. The number of hydrogen-bond acceptors (Lipinski definition) is 0. The summed E-state index contributed by atoms with van der Waals surface area (Å²) in [7, 11) is -0.587. The molecule has 0 spiro atoms. The van der Waals surface area contributed by atoms with Gasteiger partial charge in [-0.25, -0.2) is 0 Å². The summed E-state index contributed by atoms with van der Waals surface area (Å²) in [5.41, 5.74) is 2.88. The molecule has 0 atom stereocenters. The van der Waals surface area contributed by atoms with Crippen LogP contribution in [0.4, 0.5) is 0 Å². The van der Waals surface area contributed by atoms with Crippen molar-refractivity contribution in [2.24, 2.45) is 7.05 Å². The van der Waals surface area contributed by atoms with Gasteiger partial charge in [-0.15, -0.1) is 5.82 Å². The predicted molar refractivity (Wildman–Crippen MR) is 143 cm³/mol. The Morgan fingerprint density at radius 2 is 1.10 bits per heavy atom. The summed E-state index contributed by atoms with van der Waals surface area (Å²) < 4.78 is 2.49. The summed E-state index contributed by atoms with van der Waals surface area (Å²) >= 11 is 0. The first-order valence-electron chi connectivity index (χ1n) is 11.4. The van der Waals surface area contributed by atoms with Gasteiger partial charge in [-0.05, 0) is 89.2 Å². The van der Waals surface area contributed by atoms with Crippen molar-refractivity contribution in [1.82, 2.24) is 0 Å². The molecule has 31 heavy (non-hydrogen) atoms. The molecule has 0 fully saturated rings. The van der Waals surface area contributed by atoms with Crippen molar-refractivity contribution in [2.45, 2.75) is 116 Å². The number of hydrogen-bond donors (Lipinski definition) is 0. The van der Waals surface area contributed by atoms with E-state index in [2.05, 4.69) is 125 Å². The number of aromatic nitrogens is 1. The number of nitrogens with zero attached hydrogens (tertiary/aromatic N) is 1. The van der Waals surface area contributed by atoms with Gasteiger partial charge in [-0.3, -0.25) is 0 Å². The predicted octanol–water partition coefficient (Wildman–Crippen LogP) is 8.31. The molecular weight excluding hydrogens is 459 g/mol. The number of rotatable bonds is 5. The van der Waals surface area contributed by atoms with Gasteiger partial charge in [0.2, 0.25) is 11.4 Å². The molecule has 1 radical (unpaired) electrons. The molecular formula is C27H51CoNP2+2. The first-order chi connectivity index (χ1) is 13.1. The van der Waals surface area contributed by atoms with Gasteiger partial charge in [0, 0.05) is 43.4 Å². The summed E-state index contributed by atoms with van der Waals surface area (Å²) in [5, 5.41) is 0.961. The van der Waals surface area contributed by atoms with Crippen LogP contribution in [0.2, 0.25) is 0 Å². The molecule has 0 unspecified atom stereocenters. The molecule has 0 aliphatic carbocycles. The normalized spacial score (nSPS) is 14.3. The monoisotopic (exact) mass is 510 g/mol.